The molecule has 6 heteroatoms. The summed E-state index contributed by atoms with van der Waals surface area (Å²) in [5.74, 6) is 5.50. The van der Waals surface area contributed by atoms with Gasteiger partial charge in [-0.3, -0.25) is 16.3 Å². The third-order valence-corrected chi connectivity index (χ3v) is 2.89. The van der Waals surface area contributed by atoms with Gasteiger partial charge in [-0.1, -0.05) is 4.49 Å². The van der Waals surface area contributed by atoms with Gasteiger partial charge in [0, 0.05) is 12.4 Å². The average Bonchev–Trinajstić information content (AvgIpc) is 2.81. The van der Waals surface area contributed by atoms with Crippen LogP contribution in [-0.4, -0.2) is 14.6 Å². The monoisotopic (exact) mass is 221 g/mol. The van der Waals surface area contributed by atoms with Crippen LogP contribution in [0.15, 0.2) is 30.7 Å². The van der Waals surface area contributed by atoms with Gasteiger partial charge in [-0.15, -0.1) is 5.10 Å². The van der Waals surface area contributed by atoms with Gasteiger partial charge >= 0.3 is 0 Å². The van der Waals surface area contributed by atoms with Crippen molar-refractivity contribution in [1.82, 2.24) is 20.0 Å². The molecule has 5 nitrogen and oxygen atoms in total. The van der Waals surface area contributed by atoms with Crippen LogP contribution in [0.25, 0.3) is 0 Å². The van der Waals surface area contributed by atoms with Crippen molar-refractivity contribution in [2.75, 3.05) is 0 Å². The van der Waals surface area contributed by atoms with E-state index in [1.807, 2.05) is 12.1 Å². The number of hydrogen-bond donors (Lipinski definition) is 2. The molecule has 78 valence electrons. The van der Waals surface area contributed by atoms with Crippen LogP contribution in [0.2, 0.25) is 0 Å². The first-order valence-electron chi connectivity index (χ1n) is 4.52. The van der Waals surface area contributed by atoms with E-state index in [1.165, 1.54) is 17.1 Å². The van der Waals surface area contributed by atoms with Crippen LogP contribution in [0.3, 0.4) is 0 Å². The first-order valence-corrected chi connectivity index (χ1v) is 5.30. The van der Waals surface area contributed by atoms with Crippen LogP contribution < -0.4 is 11.3 Å². The fourth-order valence-corrected chi connectivity index (χ4v) is 1.89. The van der Waals surface area contributed by atoms with Gasteiger partial charge in [0.05, 0.1) is 17.1 Å². The predicted octanol–water partition coefficient (Wildman–Crippen LogP) is 0.680. The molecule has 2 aromatic rings. The molecule has 0 aliphatic rings. The molecule has 0 aliphatic carbocycles. The van der Waals surface area contributed by atoms with E-state index in [-0.39, 0.29) is 6.04 Å². The van der Waals surface area contributed by atoms with Crippen molar-refractivity contribution in [2.24, 2.45) is 5.84 Å². The van der Waals surface area contributed by atoms with Crippen LogP contribution in [-0.2, 0) is 6.42 Å². The fourth-order valence-electron chi connectivity index (χ4n) is 1.32. The molecular formula is C9H11N5S. The molecule has 0 aliphatic heterocycles. The van der Waals surface area contributed by atoms with Gasteiger partial charge in [0.15, 0.2) is 0 Å². The van der Waals surface area contributed by atoms with Crippen molar-refractivity contribution in [2.45, 2.75) is 12.5 Å². The highest BCUT2D eigenvalue weighted by molar-refractivity contribution is 7.05. The van der Waals surface area contributed by atoms with Crippen LogP contribution >= 0.6 is 11.5 Å². The third-order valence-electron chi connectivity index (χ3n) is 2.11. The molecule has 2 aromatic heterocycles. The van der Waals surface area contributed by atoms with Crippen molar-refractivity contribution in [3.8, 4) is 0 Å². The lowest BCUT2D eigenvalue weighted by Gasteiger charge is -2.12. The number of rotatable bonds is 4. The number of nitrogens with one attached hydrogen (secondary N) is 1. The summed E-state index contributed by atoms with van der Waals surface area (Å²) in [6.45, 7) is 0. The number of nitrogens with zero attached hydrogens (tertiary/aromatic N) is 3. The van der Waals surface area contributed by atoms with E-state index in [4.69, 9.17) is 5.84 Å². The Bertz CT molecular complexity index is 388. The summed E-state index contributed by atoms with van der Waals surface area (Å²) in [5.41, 5.74) is 3.94. The SMILES string of the molecule is NNC(Cc1ccncc1)c1cnns1. The molecular weight excluding hydrogens is 210 g/mol. The molecule has 0 radical (unpaired) electrons. The molecule has 0 aromatic carbocycles. The molecule has 0 saturated carbocycles. The van der Waals surface area contributed by atoms with Gasteiger partial charge in [-0.05, 0) is 35.6 Å². The molecule has 1 unspecified atom stereocenters. The lowest BCUT2D eigenvalue weighted by molar-refractivity contribution is 0.559. The van der Waals surface area contributed by atoms with E-state index in [0.717, 1.165) is 11.3 Å². The lowest BCUT2D eigenvalue weighted by Crippen LogP contribution is -2.28. The summed E-state index contributed by atoms with van der Waals surface area (Å²) in [6, 6.07) is 4.00. The topological polar surface area (TPSA) is 76.7 Å². The molecule has 1 atom stereocenters. The maximum absolute atomic E-state index is 5.50. The highest BCUT2D eigenvalue weighted by atomic mass is 32.1. The largest absolute Gasteiger partial charge is 0.271 e. The van der Waals surface area contributed by atoms with Gasteiger partial charge in [-0.25, -0.2) is 0 Å². The van der Waals surface area contributed by atoms with E-state index in [9.17, 15) is 0 Å². The minimum Gasteiger partial charge on any atom is -0.271 e. The summed E-state index contributed by atoms with van der Waals surface area (Å²) in [7, 11) is 0. The molecule has 0 bridgehead atoms. The number of hydrogen-bond acceptors (Lipinski definition) is 6. The van der Waals surface area contributed by atoms with Crippen molar-refractivity contribution < 1.29 is 0 Å². The lowest BCUT2D eigenvalue weighted by atomic mass is 10.1. The summed E-state index contributed by atoms with van der Waals surface area (Å²) in [5, 5.41) is 3.79. The first-order chi connectivity index (χ1) is 7.40. The third kappa shape index (κ3) is 2.56. The van der Waals surface area contributed by atoms with Gasteiger partial charge in [0.2, 0.25) is 0 Å². The van der Waals surface area contributed by atoms with E-state index in [2.05, 4.69) is 20.0 Å². The minimum atomic E-state index is 0.0624. The molecule has 0 spiro atoms. The smallest absolute Gasteiger partial charge is 0.0670 e. The van der Waals surface area contributed by atoms with Gasteiger partial charge < -0.3 is 0 Å². The number of aromatic nitrogens is 3. The normalized spacial score (nSPS) is 12.6. The molecule has 0 saturated heterocycles. The van der Waals surface area contributed by atoms with Crippen molar-refractivity contribution in [3.05, 3.63) is 41.2 Å². The fraction of sp³-hybridized carbons (Fsp3) is 0.222. The van der Waals surface area contributed by atoms with Gasteiger partial charge in [-0.2, -0.15) is 0 Å². The summed E-state index contributed by atoms with van der Waals surface area (Å²) >= 11 is 1.36. The number of pyridine rings is 1. The van der Waals surface area contributed by atoms with E-state index in [1.54, 1.807) is 18.6 Å². The zero-order chi connectivity index (χ0) is 10.5. The van der Waals surface area contributed by atoms with Gasteiger partial charge in [0.25, 0.3) is 0 Å². The predicted molar refractivity (Wildman–Crippen MR) is 57.9 cm³/mol. The van der Waals surface area contributed by atoms with Gasteiger partial charge in [0.1, 0.15) is 0 Å². The Morgan fingerprint density at radius 1 is 1.40 bits per heavy atom. The molecule has 0 amide bonds. The standard InChI is InChI=1S/C9H11N5S/c10-13-8(9-6-12-14-15-9)5-7-1-3-11-4-2-7/h1-4,6,8,13H,5,10H2. The van der Waals surface area contributed by atoms with Crippen molar-refractivity contribution >= 4 is 11.5 Å². The molecule has 0 fully saturated rings. The summed E-state index contributed by atoms with van der Waals surface area (Å²) < 4.78 is 3.82. The Balaban J connectivity index is 2.10. The Morgan fingerprint density at radius 2 is 2.20 bits per heavy atom. The summed E-state index contributed by atoms with van der Waals surface area (Å²) in [6.07, 6.45) is 6.08. The molecule has 15 heavy (non-hydrogen) atoms. The summed E-state index contributed by atoms with van der Waals surface area (Å²) in [4.78, 5) is 5.00. The maximum atomic E-state index is 5.50. The molecule has 3 N–H and O–H groups in total. The Morgan fingerprint density at radius 3 is 2.80 bits per heavy atom. The zero-order valence-electron chi connectivity index (χ0n) is 8.00. The highest BCUT2D eigenvalue weighted by Gasteiger charge is 2.12. The van der Waals surface area contributed by atoms with E-state index < -0.39 is 0 Å². The Kier molecular flexibility index (Phi) is 3.33. The maximum Gasteiger partial charge on any atom is 0.0670 e. The van der Waals surface area contributed by atoms with Crippen LogP contribution in [0.5, 0.6) is 0 Å². The molecule has 2 heterocycles. The number of hydrazine groups is 1. The van der Waals surface area contributed by atoms with Crippen molar-refractivity contribution in [3.63, 3.8) is 0 Å². The minimum absolute atomic E-state index is 0.0624. The van der Waals surface area contributed by atoms with E-state index >= 15 is 0 Å². The number of nitrogens with two attached hydrogens (primary N) is 1. The van der Waals surface area contributed by atoms with Crippen LogP contribution in [0, 0.1) is 0 Å². The molecule has 2 rings (SSSR count). The quantitative estimate of drug-likeness (QED) is 0.586. The van der Waals surface area contributed by atoms with E-state index in [0.29, 0.717) is 0 Å². The Labute approximate surface area is 91.5 Å². The highest BCUT2D eigenvalue weighted by Crippen LogP contribution is 2.18. The van der Waals surface area contributed by atoms with Crippen LogP contribution in [0.1, 0.15) is 16.5 Å². The zero-order valence-corrected chi connectivity index (χ0v) is 8.81. The second-order valence-electron chi connectivity index (χ2n) is 3.10. The van der Waals surface area contributed by atoms with Crippen LogP contribution in [0.4, 0.5) is 0 Å². The second-order valence-corrected chi connectivity index (χ2v) is 3.92. The Hall–Kier alpha value is -1.37. The average molecular weight is 221 g/mol. The first kappa shape index (κ1) is 10.2. The van der Waals surface area contributed by atoms with Crippen molar-refractivity contribution in [1.29, 1.82) is 0 Å². The second kappa shape index (κ2) is 4.92.